The number of fused-ring (bicyclic) bond motifs is 1. The van der Waals surface area contributed by atoms with Gasteiger partial charge in [-0.3, -0.25) is 0 Å². The molecule has 0 spiro atoms. The van der Waals surface area contributed by atoms with Gasteiger partial charge >= 0.3 is 10.1 Å². The Hall–Kier alpha value is -1.70. The molecule has 7 heteroatoms. The van der Waals surface area contributed by atoms with Crippen LogP contribution in [0.4, 0.5) is 0 Å². The topological polar surface area (TPSA) is 72.8 Å². The molecule has 1 aliphatic heterocycles. The first-order valence-corrected chi connectivity index (χ1v) is 14.0. The van der Waals surface area contributed by atoms with E-state index in [1.165, 1.54) is 0 Å². The minimum Gasteiger partial charge on any atom is -0.508 e. The third kappa shape index (κ3) is 4.95. The lowest BCUT2D eigenvalue weighted by Crippen LogP contribution is -2.38. The van der Waals surface area contributed by atoms with E-state index in [4.69, 9.17) is 8.37 Å². The third-order valence-electron chi connectivity index (χ3n) is 5.87. The van der Waals surface area contributed by atoms with Crippen LogP contribution in [0.25, 0.3) is 0 Å². The quantitative estimate of drug-likeness (QED) is 0.654. The van der Waals surface area contributed by atoms with E-state index in [9.17, 15) is 13.5 Å². The summed E-state index contributed by atoms with van der Waals surface area (Å²) >= 11 is 0. The van der Waals surface area contributed by atoms with Crippen LogP contribution in [-0.2, 0) is 20.2 Å². The molecule has 0 aromatic heterocycles. The molecule has 5 nitrogen and oxygen atoms in total. The highest BCUT2D eigenvalue weighted by molar-refractivity contribution is 8.32. The van der Waals surface area contributed by atoms with Crippen molar-refractivity contribution in [2.24, 2.45) is 0 Å². The van der Waals surface area contributed by atoms with Crippen molar-refractivity contribution < 1.29 is 21.9 Å². The van der Waals surface area contributed by atoms with Crippen LogP contribution in [0, 0.1) is 20.8 Å². The van der Waals surface area contributed by atoms with Crippen LogP contribution < -0.4 is 4.74 Å². The van der Waals surface area contributed by atoms with Crippen LogP contribution in [0.1, 0.15) is 42.0 Å². The number of rotatable bonds is 6. The van der Waals surface area contributed by atoms with Gasteiger partial charge in [0.05, 0.1) is 4.90 Å². The summed E-state index contributed by atoms with van der Waals surface area (Å²) in [5, 5.41) is 10.1. The summed E-state index contributed by atoms with van der Waals surface area (Å²) in [6.45, 7) is 7.84. The Bertz CT molecular complexity index is 1040. The van der Waals surface area contributed by atoms with Crippen LogP contribution in [0.2, 0.25) is 0 Å². The van der Waals surface area contributed by atoms with Crippen molar-refractivity contribution in [3.05, 3.63) is 52.6 Å². The fourth-order valence-electron chi connectivity index (χ4n) is 3.62. The van der Waals surface area contributed by atoms with E-state index < -0.39 is 26.0 Å². The lowest BCUT2D eigenvalue weighted by Gasteiger charge is -2.40. The van der Waals surface area contributed by atoms with Gasteiger partial charge in [-0.15, -0.1) is 10.3 Å². The van der Waals surface area contributed by atoms with Gasteiger partial charge in [-0.05, 0) is 94.4 Å². The molecule has 1 aliphatic rings. The molecule has 0 fully saturated rings. The predicted molar refractivity (Wildman–Crippen MR) is 123 cm³/mol. The number of phenols is 1. The van der Waals surface area contributed by atoms with E-state index in [-0.39, 0.29) is 4.90 Å². The van der Waals surface area contributed by atoms with Crippen molar-refractivity contribution in [1.82, 2.24) is 0 Å². The number of benzene rings is 2. The van der Waals surface area contributed by atoms with Crippen LogP contribution in [0.3, 0.4) is 0 Å². The highest BCUT2D eigenvalue weighted by atomic mass is 32.3. The summed E-state index contributed by atoms with van der Waals surface area (Å²) in [7, 11) is -5.65. The molecule has 0 saturated heterocycles. The molecule has 1 atom stereocenters. The van der Waals surface area contributed by atoms with Gasteiger partial charge in [0.1, 0.15) is 17.1 Å². The maximum atomic E-state index is 12.7. The first-order valence-electron chi connectivity index (χ1n) is 10.1. The zero-order valence-electron chi connectivity index (χ0n) is 18.6. The number of hydrogen-bond donors (Lipinski definition) is 1. The molecule has 0 amide bonds. The van der Waals surface area contributed by atoms with Crippen molar-refractivity contribution in [3.63, 3.8) is 0 Å². The van der Waals surface area contributed by atoms with Crippen LogP contribution in [0.5, 0.6) is 11.5 Å². The van der Waals surface area contributed by atoms with Gasteiger partial charge in [-0.25, -0.2) is 3.63 Å². The molecule has 1 unspecified atom stereocenters. The largest absolute Gasteiger partial charge is 0.508 e. The Balaban J connectivity index is 1.71. The Morgan fingerprint density at radius 2 is 1.73 bits per heavy atom. The second kappa shape index (κ2) is 8.09. The SMILES string of the molecule is Cc1ccc(S(=O)(=O)OS(C)(C)CCC2(C)CCc3cc(O)c(C)c(C)c3O2)cc1. The first kappa shape index (κ1) is 23.0. The number of ether oxygens (including phenoxy) is 1. The average molecular weight is 453 g/mol. The Morgan fingerprint density at radius 3 is 2.37 bits per heavy atom. The number of hydrogen-bond acceptors (Lipinski definition) is 5. The van der Waals surface area contributed by atoms with Crippen molar-refractivity contribution >= 4 is 20.4 Å². The van der Waals surface area contributed by atoms with E-state index in [0.717, 1.165) is 40.8 Å². The zero-order chi connectivity index (χ0) is 22.3. The molecule has 3 rings (SSSR count). The van der Waals surface area contributed by atoms with Crippen molar-refractivity contribution in [2.75, 3.05) is 18.3 Å². The highest BCUT2D eigenvalue weighted by Gasteiger charge is 2.35. The summed E-state index contributed by atoms with van der Waals surface area (Å²) in [6, 6.07) is 8.51. The van der Waals surface area contributed by atoms with Gasteiger partial charge in [-0.2, -0.15) is 8.42 Å². The molecular weight excluding hydrogens is 420 g/mol. The average Bonchev–Trinajstić information content (AvgIpc) is 2.65. The van der Waals surface area contributed by atoms with Crippen molar-refractivity contribution in [2.45, 2.75) is 57.5 Å². The smallest absolute Gasteiger partial charge is 0.306 e. The Labute approximate surface area is 182 Å². The summed E-state index contributed by atoms with van der Waals surface area (Å²) in [5.41, 5.74) is 3.42. The second-order valence-electron chi connectivity index (χ2n) is 8.91. The van der Waals surface area contributed by atoms with Crippen molar-refractivity contribution in [3.8, 4) is 11.5 Å². The first-order chi connectivity index (χ1) is 13.8. The molecule has 1 N–H and O–H groups in total. The lowest BCUT2D eigenvalue weighted by molar-refractivity contribution is 0.0608. The van der Waals surface area contributed by atoms with Crippen molar-refractivity contribution in [1.29, 1.82) is 0 Å². The molecule has 0 bridgehead atoms. The van der Waals surface area contributed by atoms with E-state index in [1.807, 2.05) is 33.3 Å². The minimum atomic E-state index is -3.80. The number of aromatic hydroxyl groups is 1. The Kier molecular flexibility index (Phi) is 6.20. The third-order valence-corrected chi connectivity index (χ3v) is 10.1. The molecular formula is C23H32O5S2. The molecule has 166 valence electrons. The van der Waals surface area contributed by atoms with Gasteiger partial charge in [-0.1, -0.05) is 17.7 Å². The molecule has 2 aromatic carbocycles. The summed E-state index contributed by atoms with van der Waals surface area (Å²) in [5.74, 6) is 1.76. The van der Waals surface area contributed by atoms with Gasteiger partial charge in [0.25, 0.3) is 0 Å². The maximum Gasteiger partial charge on any atom is 0.306 e. The molecule has 0 radical (unpaired) electrons. The minimum absolute atomic E-state index is 0.189. The molecule has 1 heterocycles. The molecule has 30 heavy (non-hydrogen) atoms. The van der Waals surface area contributed by atoms with E-state index in [1.54, 1.807) is 30.3 Å². The van der Waals surface area contributed by atoms with Crippen LogP contribution in [-0.4, -0.2) is 37.4 Å². The summed E-state index contributed by atoms with van der Waals surface area (Å²) in [6.07, 6.45) is 6.08. The summed E-state index contributed by atoms with van der Waals surface area (Å²) in [4.78, 5) is 0.189. The summed E-state index contributed by atoms with van der Waals surface area (Å²) < 4.78 is 37.5. The van der Waals surface area contributed by atoms with Crippen LogP contribution in [0.15, 0.2) is 35.2 Å². The zero-order valence-corrected chi connectivity index (χ0v) is 20.2. The highest BCUT2D eigenvalue weighted by Crippen LogP contribution is 2.48. The molecule has 0 aliphatic carbocycles. The Morgan fingerprint density at radius 1 is 1.10 bits per heavy atom. The fraction of sp³-hybridized carbons (Fsp3) is 0.478. The maximum absolute atomic E-state index is 12.7. The predicted octanol–water partition coefficient (Wildman–Crippen LogP) is 5.18. The normalized spacial score (nSPS) is 19.8. The molecule has 0 saturated carbocycles. The van der Waals surface area contributed by atoms with E-state index in [0.29, 0.717) is 17.9 Å². The van der Waals surface area contributed by atoms with Gasteiger partial charge in [0.2, 0.25) is 0 Å². The number of phenolic OH excluding ortho intramolecular Hbond substituents is 1. The van der Waals surface area contributed by atoms with Gasteiger partial charge in [0, 0.05) is 5.75 Å². The number of aryl methyl sites for hydroxylation is 2. The fourth-order valence-corrected chi connectivity index (χ4v) is 7.54. The standard InChI is InChI=1S/C23H32O5S2/c1-16-7-9-20(10-8-16)30(25,26)28-29(5,6)14-13-23(4)12-11-19-15-21(24)17(2)18(3)22(19)27-23/h7-10,15,24H,11-14H2,1-6H3. The van der Waals surface area contributed by atoms with Gasteiger partial charge < -0.3 is 9.84 Å². The van der Waals surface area contributed by atoms with Gasteiger partial charge in [0.15, 0.2) is 0 Å². The molecule has 2 aromatic rings. The second-order valence-corrected chi connectivity index (χ2v) is 14.1. The lowest BCUT2D eigenvalue weighted by atomic mass is 9.88. The van der Waals surface area contributed by atoms with E-state index >= 15 is 0 Å². The van der Waals surface area contributed by atoms with E-state index in [2.05, 4.69) is 6.92 Å². The van der Waals surface area contributed by atoms with Crippen LogP contribution >= 0.6 is 10.3 Å². The monoisotopic (exact) mass is 452 g/mol.